The van der Waals surface area contributed by atoms with E-state index in [1.165, 1.54) is 18.2 Å². The molecule has 128 valence electrons. The molecule has 0 bridgehead atoms. The number of pyridine rings is 1. The highest BCUT2D eigenvalue weighted by Gasteiger charge is 2.19. The molecule has 5 nitrogen and oxygen atoms in total. The van der Waals surface area contributed by atoms with Gasteiger partial charge < -0.3 is 9.15 Å². The van der Waals surface area contributed by atoms with Gasteiger partial charge in [0.05, 0.1) is 5.02 Å². The zero-order chi connectivity index (χ0) is 18.1. The van der Waals surface area contributed by atoms with Crippen LogP contribution >= 0.6 is 11.6 Å². The van der Waals surface area contributed by atoms with E-state index in [2.05, 4.69) is 9.97 Å². The number of nitrogens with zero attached hydrogens (tertiary/aromatic N) is 2. The van der Waals surface area contributed by atoms with E-state index < -0.39 is 11.8 Å². The number of benzene rings is 2. The van der Waals surface area contributed by atoms with Crippen LogP contribution in [0.1, 0.15) is 10.4 Å². The number of fused-ring (bicyclic) bond motifs is 1. The van der Waals surface area contributed by atoms with Crippen molar-refractivity contribution in [2.45, 2.75) is 0 Å². The van der Waals surface area contributed by atoms with Crippen LogP contribution in [0.5, 0.6) is 5.75 Å². The fraction of sp³-hybridized carbons (Fsp3) is 0. The number of oxazole rings is 1. The van der Waals surface area contributed by atoms with Gasteiger partial charge in [0.1, 0.15) is 28.3 Å². The highest BCUT2D eigenvalue weighted by molar-refractivity contribution is 6.33. The van der Waals surface area contributed by atoms with Crippen LogP contribution in [0.4, 0.5) is 4.39 Å². The van der Waals surface area contributed by atoms with E-state index in [-0.39, 0.29) is 16.3 Å². The molecule has 0 atom stereocenters. The second-order valence-electron chi connectivity index (χ2n) is 5.35. The fourth-order valence-electron chi connectivity index (χ4n) is 2.42. The molecule has 0 spiro atoms. The molecule has 0 amide bonds. The van der Waals surface area contributed by atoms with Gasteiger partial charge in [-0.1, -0.05) is 23.7 Å². The Balaban J connectivity index is 1.65. The zero-order valence-electron chi connectivity index (χ0n) is 13.1. The molecule has 0 aliphatic heterocycles. The van der Waals surface area contributed by atoms with Gasteiger partial charge in [-0.05, 0) is 36.4 Å². The number of hydrogen-bond donors (Lipinski definition) is 0. The van der Waals surface area contributed by atoms with Gasteiger partial charge in [-0.2, -0.15) is 0 Å². The van der Waals surface area contributed by atoms with Crippen molar-refractivity contribution in [3.63, 3.8) is 0 Å². The predicted molar refractivity (Wildman–Crippen MR) is 93.6 cm³/mol. The summed E-state index contributed by atoms with van der Waals surface area (Å²) in [5, 5.41) is -0.0202. The summed E-state index contributed by atoms with van der Waals surface area (Å²) in [6, 6.07) is 14.0. The maximum Gasteiger partial charge on any atom is 0.348 e. The highest BCUT2D eigenvalue weighted by Crippen LogP contribution is 2.27. The summed E-state index contributed by atoms with van der Waals surface area (Å²) < 4.78 is 24.7. The van der Waals surface area contributed by atoms with E-state index in [0.29, 0.717) is 22.7 Å². The molecule has 2 heterocycles. The number of carbonyl (C=O) groups excluding carboxylic acids is 1. The number of carbonyl (C=O) groups is 1. The van der Waals surface area contributed by atoms with Crippen LogP contribution < -0.4 is 4.74 Å². The van der Waals surface area contributed by atoms with Gasteiger partial charge >= 0.3 is 5.97 Å². The molecule has 0 unspecified atom stereocenters. The number of esters is 1. The molecule has 0 aliphatic carbocycles. The van der Waals surface area contributed by atoms with Crippen LogP contribution in [0.25, 0.3) is 22.7 Å². The molecule has 0 radical (unpaired) electrons. The Morgan fingerprint density at radius 3 is 2.77 bits per heavy atom. The van der Waals surface area contributed by atoms with Crippen molar-refractivity contribution in [3.05, 3.63) is 77.2 Å². The van der Waals surface area contributed by atoms with E-state index in [0.717, 1.165) is 6.07 Å². The molecule has 26 heavy (non-hydrogen) atoms. The summed E-state index contributed by atoms with van der Waals surface area (Å²) >= 11 is 5.88. The average Bonchev–Trinajstić information content (AvgIpc) is 3.06. The summed E-state index contributed by atoms with van der Waals surface area (Å²) in [7, 11) is 0. The topological polar surface area (TPSA) is 65.2 Å². The Morgan fingerprint density at radius 2 is 2.00 bits per heavy atom. The molecular weight excluding hydrogens is 359 g/mol. The molecule has 0 saturated carbocycles. The fourth-order valence-corrected chi connectivity index (χ4v) is 2.66. The van der Waals surface area contributed by atoms with Gasteiger partial charge in [-0.3, -0.25) is 4.98 Å². The van der Waals surface area contributed by atoms with Crippen LogP contribution in [0, 0.1) is 5.82 Å². The number of halogens is 2. The molecule has 0 N–H and O–H groups in total. The lowest BCUT2D eigenvalue weighted by molar-refractivity contribution is 0.0730. The first-order valence-corrected chi connectivity index (χ1v) is 7.98. The summed E-state index contributed by atoms with van der Waals surface area (Å²) in [4.78, 5) is 20.7. The minimum Gasteiger partial charge on any atom is -0.435 e. The normalized spacial score (nSPS) is 10.8. The number of hydrogen-bond acceptors (Lipinski definition) is 5. The Morgan fingerprint density at radius 1 is 1.12 bits per heavy atom. The SMILES string of the molecule is O=C(Oc1ccc2nc(-c3ccccn3)oc2c1)c1c(F)cccc1Cl. The van der Waals surface area contributed by atoms with Crippen molar-refractivity contribution >= 4 is 28.7 Å². The predicted octanol–water partition coefficient (Wildman–Crippen LogP) is 4.90. The van der Waals surface area contributed by atoms with Gasteiger partial charge in [0.15, 0.2) is 5.58 Å². The van der Waals surface area contributed by atoms with Gasteiger partial charge in [-0.25, -0.2) is 14.2 Å². The van der Waals surface area contributed by atoms with Crippen LogP contribution in [0.3, 0.4) is 0 Å². The Bertz CT molecular complexity index is 1090. The van der Waals surface area contributed by atoms with Gasteiger partial charge in [0.2, 0.25) is 5.89 Å². The molecule has 0 fully saturated rings. The molecule has 4 aromatic rings. The first kappa shape index (κ1) is 16.2. The van der Waals surface area contributed by atoms with E-state index in [4.69, 9.17) is 20.8 Å². The minimum atomic E-state index is -0.892. The van der Waals surface area contributed by atoms with Crippen molar-refractivity contribution in [1.82, 2.24) is 9.97 Å². The van der Waals surface area contributed by atoms with E-state index in [1.54, 1.807) is 30.5 Å². The summed E-state index contributed by atoms with van der Waals surface area (Å²) in [6.45, 7) is 0. The maximum atomic E-state index is 13.8. The zero-order valence-corrected chi connectivity index (χ0v) is 13.9. The van der Waals surface area contributed by atoms with Gasteiger partial charge in [-0.15, -0.1) is 0 Å². The third-order valence-electron chi connectivity index (χ3n) is 3.62. The molecule has 4 rings (SSSR count). The smallest absolute Gasteiger partial charge is 0.348 e. The Kier molecular flexibility index (Phi) is 4.10. The number of rotatable bonds is 3. The Labute approximate surface area is 152 Å². The second kappa shape index (κ2) is 6.57. The number of aromatic nitrogens is 2. The minimum absolute atomic E-state index is 0.0202. The molecular formula is C19H10ClFN2O3. The quantitative estimate of drug-likeness (QED) is 0.380. The first-order chi connectivity index (χ1) is 12.6. The van der Waals surface area contributed by atoms with E-state index in [1.807, 2.05) is 6.07 Å². The lowest BCUT2D eigenvalue weighted by Crippen LogP contribution is -2.11. The van der Waals surface area contributed by atoms with E-state index in [9.17, 15) is 9.18 Å². The maximum absolute atomic E-state index is 13.8. The molecule has 0 aliphatic rings. The van der Waals surface area contributed by atoms with Gasteiger partial charge in [0, 0.05) is 12.3 Å². The third kappa shape index (κ3) is 3.02. The molecule has 0 saturated heterocycles. The standard InChI is InChI=1S/C19H10ClFN2O3/c20-12-4-3-5-13(21)17(12)19(24)25-11-7-8-14-16(10-11)26-18(23-14)15-6-1-2-9-22-15/h1-10H. The lowest BCUT2D eigenvalue weighted by atomic mass is 10.2. The Hall–Kier alpha value is -3.25. The first-order valence-electron chi connectivity index (χ1n) is 7.60. The summed E-state index contributed by atoms with van der Waals surface area (Å²) in [5.41, 5.74) is 1.26. The van der Waals surface area contributed by atoms with Crippen LogP contribution in [0.2, 0.25) is 5.02 Å². The molecule has 7 heteroatoms. The van der Waals surface area contributed by atoms with Crippen molar-refractivity contribution < 1.29 is 18.3 Å². The van der Waals surface area contributed by atoms with E-state index >= 15 is 0 Å². The van der Waals surface area contributed by atoms with Crippen molar-refractivity contribution in [1.29, 1.82) is 0 Å². The monoisotopic (exact) mass is 368 g/mol. The van der Waals surface area contributed by atoms with Gasteiger partial charge in [0.25, 0.3) is 0 Å². The third-order valence-corrected chi connectivity index (χ3v) is 3.94. The van der Waals surface area contributed by atoms with Crippen molar-refractivity contribution in [2.24, 2.45) is 0 Å². The largest absolute Gasteiger partial charge is 0.435 e. The number of ether oxygens (including phenoxy) is 1. The summed E-state index contributed by atoms with van der Waals surface area (Å²) in [5.74, 6) is -1.11. The summed E-state index contributed by atoms with van der Waals surface area (Å²) in [6.07, 6.45) is 1.63. The lowest BCUT2D eigenvalue weighted by Gasteiger charge is -2.06. The highest BCUT2D eigenvalue weighted by atomic mass is 35.5. The van der Waals surface area contributed by atoms with Crippen LogP contribution in [-0.2, 0) is 0 Å². The van der Waals surface area contributed by atoms with Crippen molar-refractivity contribution in [3.8, 4) is 17.3 Å². The average molecular weight is 369 g/mol. The molecule has 2 aromatic heterocycles. The molecule has 2 aromatic carbocycles. The van der Waals surface area contributed by atoms with Crippen LogP contribution in [-0.4, -0.2) is 15.9 Å². The van der Waals surface area contributed by atoms with Crippen molar-refractivity contribution in [2.75, 3.05) is 0 Å². The van der Waals surface area contributed by atoms with Crippen LogP contribution in [0.15, 0.2) is 65.2 Å². The second-order valence-corrected chi connectivity index (χ2v) is 5.76.